The summed E-state index contributed by atoms with van der Waals surface area (Å²) in [5, 5.41) is 3.09. The molecule has 20 heavy (non-hydrogen) atoms. The average molecular weight is 278 g/mol. The number of rotatable bonds is 1. The summed E-state index contributed by atoms with van der Waals surface area (Å²) in [6.45, 7) is 1.69. The van der Waals surface area contributed by atoms with Crippen molar-refractivity contribution in [2.45, 2.75) is 63.8 Å². The summed E-state index contributed by atoms with van der Waals surface area (Å²) in [6.07, 6.45) is 9.70. The van der Waals surface area contributed by atoms with Crippen LogP contribution in [0.2, 0.25) is 0 Å². The van der Waals surface area contributed by atoms with Crippen molar-refractivity contribution < 1.29 is 9.59 Å². The van der Waals surface area contributed by atoms with Gasteiger partial charge in [-0.25, -0.2) is 0 Å². The van der Waals surface area contributed by atoms with E-state index in [4.69, 9.17) is 0 Å². The fourth-order valence-corrected chi connectivity index (χ4v) is 4.09. The Labute approximate surface area is 121 Å². The Kier molecular flexibility index (Phi) is 4.27. The number of hydrogen-bond donors (Lipinski definition) is 1. The first-order valence-electron chi connectivity index (χ1n) is 8.32. The first kappa shape index (κ1) is 13.9. The Morgan fingerprint density at radius 1 is 1.05 bits per heavy atom. The van der Waals surface area contributed by atoms with Crippen molar-refractivity contribution in [3.05, 3.63) is 0 Å². The first-order chi connectivity index (χ1) is 9.74. The molecule has 0 aromatic carbocycles. The van der Waals surface area contributed by atoms with Gasteiger partial charge in [0.05, 0.1) is 0 Å². The van der Waals surface area contributed by atoms with Crippen LogP contribution >= 0.6 is 0 Å². The van der Waals surface area contributed by atoms with Crippen LogP contribution in [-0.2, 0) is 9.59 Å². The minimum absolute atomic E-state index is 0.190. The average Bonchev–Trinajstić information content (AvgIpc) is 2.75. The molecule has 2 heterocycles. The second-order valence-electron chi connectivity index (χ2n) is 6.73. The summed E-state index contributed by atoms with van der Waals surface area (Å²) >= 11 is 0. The minimum atomic E-state index is 0.190. The molecule has 0 bridgehead atoms. The molecule has 0 spiro atoms. The van der Waals surface area contributed by atoms with Crippen LogP contribution in [0.1, 0.15) is 57.8 Å². The van der Waals surface area contributed by atoms with E-state index in [0.29, 0.717) is 24.3 Å². The number of nitrogens with zero attached hydrogens (tertiary/aromatic N) is 1. The first-order valence-corrected chi connectivity index (χ1v) is 8.32. The summed E-state index contributed by atoms with van der Waals surface area (Å²) in [4.78, 5) is 26.2. The van der Waals surface area contributed by atoms with Crippen LogP contribution in [0.15, 0.2) is 0 Å². The van der Waals surface area contributed by atoms with E-state index in [2.05, 4.69) is 10.2 Å². The highest BCUT2D eigenvalue weighted by molar-refractivity contribution is 5.79. The van der Waals surface area contributed by atoms with Crippen LogP contribution in [0.25, 0.3) is 0 Å². The van der Waals surface area contributed by atoms with Crippen LogP contribution < -0.4 is 5.32 Å². The van der Waals surface area contributed by atoms with E-state index in [1.807, 2.05) is 0 Å². The lowest BCUT2D eigenvalue weighted by Gasteiger charge is -2.42. The zero-order chi connectivity index (χ0) is 13.9. The Hall–Kier alpha value is -1.06. The van der Waals surface area contributed by atoms with Crippen molar-refractivity contribution in [3.8, 4) is 0 Å². The maximum atomic E-state index is 12.7. The fraction of sp³-hybridized carbons (Fsp3) is 0.875. The molecular weight excluding hydrogens is 252 g/mol. The lowest BCUT2D eigenvalue weighted by Crippen LogP contribution is -2.55. The summed E-state index contributed by atoms with van der Waals surface area (Å²) in [7, 11) is 0. The van der Waals surface area contributed by atoms with Crippen LogP contribution in [0, 0.1) is 11.8 Å². The van der Waals surface area contributed by atoms with Gasteiger partial charge < -0.3 is 10.2 Å². The standard InChI is InChI=1S/C16H26N2O2/c19-15-8-7-13-11-18(10-9-14(13)17-15)16(20)12-5-3-1-2-4-6-12/h12-14H,1-11H2,(H,17,19). The van der Waals surface area contributed by atoms with Crippen molar-refractivity contribution in [2.75, 3.05) is 13.1 Å². The van der Waals surface area contributed by atoms with E-state index >= 15 is 0 Å². The Bertz CT molecular complexity index is 375. The molecule has 2 saturated heterocycles. The molecule has 3 rings (SSSR count). The minimum Gasteiger partial charge on any atom is -0.353 e. The summed E-state index contributed by atoms with van der Waals surface area (Å²) in [5.74, 6) is 1.33. The van der Waals surface area contributed by atoms with Crippen molar-refractivity contribution in [2.24, 2.45) is 11.8 Å². The molecule has 4 nitrogen and oxygen atoms in total. The third-order valence-electron chi connectivity index (χ3n) is 5.34. The number of carbonyl (C=O) groups excluding carboxylic acids is 2. The topological polar surface area (TPSA) is 49.4 Å². The molecule has 2 atom stereocenters. The normalized spacial score (nSPS) is 32.2. The predicted molar refractivity (Wildman–Crippen MR) is 77.0 cm³/mol. The second kappa shape index (κ2) is 6.15. The summed E-state index contributed by atoms with van der Waals surface area (Å²) < 4.78 is 0. The van der Waals surface area contributed by atoms with Crippen molar-refractivity contribution in [3.63, 3.8) is 0 Å². The molecule has 4 heteroatoms. The number of carbonyl (C=O) groups is 2. The second-order valence-corrected chi connectivity index (χ2v) is 6.73. The van der Waals surface area contributed by atoms with E-state index in [9.17, 15) is 9.59 Å². The lowest BCUT2D eigenvalue weighted by atomic mass is 9.84. The Balaban J connectivity index is 1.58. The summed E-state index contributed by atoms with van der Waals surface area (Å²) in [5.41, 5.74) is 0. The molecule has 2 unspecified atom stereocenters. The van der Waals surface area contributed by atoms with E-state index in [0.717, 1.165) is 38.8 Å². The summed E-state index contributed by atoms with van der Waals surface area (Å²) in [6, 6.07) is 0.314. The molecule has 0 aromatic rings. The Morgan fingerprint density at radius 2 is 1.80 bits per heavy atom. The van der Waals surface area contributed by atoms with Crippen LogP contribution in [0.4, 0.5) is 0 Å². The van der Waals surface area contributed by atoms with Gasteiger partial charge in [0.2, 0.25) is 11.8 Å². The van der Waals surface area contributed by atoms with Crippen molar-refractivity contribution in [1.29, 1.82) is 0 Å². The number of nitrogens with one attached hydrogen (secondary N) is 1. The molecule has 0 radical (unpaired) electrons. The molecule has 1 aliphatic carbocycles. The molecular formula is C16H26N2O2. The number of fused-ring (bicyclic) bond motifs is 1. The zero-order valence-electron chi connectivity index (χ0n) is 12.3. The van der Waals surface area contributed by atoms with Gasteiger partial charge in [0.25, 0.3) is 0 Å². The van der Waals surface area contributed by atoms with E-state index in [1.54, 1.807) is 0 Å². The van der Waals surface area contributed by atoms with Crippen LogP contribution in [0.3, 0.4) is 0 Å². The van der Waals surface area contributed by atoms with E-state index < -0.39 is 0 Å². The van der Waals surface area contributed by atoms with E-state index in [-0.39, 0.29) is 11.8 Å². The largest absolute Gasteiger partial charge is 0.353 e. The third-order valence-corrected chi connectivity index (χ3v) is 5.34. The molecule has 1 saturated carbocycles. The number of hydrogen-bond acceptors (Lipinski definition) is 2. The zero-order valence-corrected chi connectivity index (χ0v) is 12.3. The smallest absolute Gasteiger partial charge is 0.225 e. The lowest BCUT2D eigenvalue weighted by molar-refractivity contribution is -0.139. The molecule has 2 amide bonds. The van der Waals surface area contributed by atoms with Crippen molar-refractivity contribution >= 4 is 11.8 Å². The van der Waals surface area contributed by atoms with Gasteiger partial charge in [0.1, 0.15) is 0 Å². The highest BCUT2D eigenvalue weighted by Gasteiger charge is 2.36. The monoisotopic (exact) mass is 278 g/mol. The highest BCUT2D eigenvalue weighted by Crippen LogP contribution is 2.29. The van der Waals surface area contributed by atoms with Crippen LogP contribution in [0.5, 0.6) is 0 Å². The number of piperidine rings is 2. The SMILES string of the molecule is O=C1CCC2CN(C(=O)C3CCCCCC3)CCC2N1. The highest BCUT2D eigenvalue weighted by atomic mass is 16.2. The van der Waals surface area contributed by atoms with Gasteiger partial charge in [0, 0.05) is 31.5 Å². The molecule has 112 valence electrons. The Morgan fingerprint density at radius 3 is 2.55 bits per heavy atom. The molecule has 1 N–H and O–H groups in total. The quantitative estimate of drug-likeness (QED) is 0.747. The van der Waals surface area contributed by atoms with Gasteiger partial charge >= 0.3 is 0 Å². The third kappa shape index (κ3) is 2.99. The fourth-order valence-electron chi connectivity index (χ4n) is 4.09. The van der Waals surface area contributed by atoms with Gasteiger partial charge in [-0.05, 0) is 31.6 Å². The van der Waals surface area contributed by atoms with Gasteiger partial charge in [-0.15, -0.1) is 0 Å². The molecule has 2 aliphatic heterocycles. The number of likely N-dealkylation sites (tertiary alicyclic amines) is 1. The maximum Gasteiger partial charge on any atom is 0.225 e. The number of amides is 2. The van der Waals surface area contributed by atoms with Crippen LogP contribution in [-0.4, -0.2) is 35.8 Å². The molecule has 0 aromatic heterocycles. The predicted octanol–water partition coefficient (Wildman–Crippen LogP) is 2.08. The van der Waals surface area contributed by atoms with Gasteiger partial charge in [-0.3, -0.25) is 9.59 Å². The van der Waals surface area contributed by atoms with Gasteiger partial charge in [-0.2, -0.15) is 0 Å². The van der Waals surface area contributed by atoms with Gasteiger partial charge in [-0.1, -0.05) is 25.7 Å². The van der Waals surface area contributed by atoms with E-state index in [1.165, 1.54) is 25.7 Å². The molecule has 3 aliphatic rings. The maximum absolute atomic E-state index is 12.7. The molecule has 3 fully saturated rings. The van der Waals surface area contributed by atoms with Gasteiger partial charge in [0.15, 0.2) is 0 Å². The van der Waals surface area contributed by atoms with Crippen molar-refractivity contribution in [1.82, 2.24) is 10.2 Å².